The molecule has 6 nitrogen and oxygen atoms in total. The highest BCUT2D eigenvalue weighted by atomic mass is 16.5. The smallest absolute Gasteiger partial charge is 0.123 e. The molecule has 0 unspecified atom stereocenters. The number of rotatable bonds is 8. The Balaban J connectivity index is 1.68. The molecule has 0 saturated carbocycles. The van der Waals surface area contributed by atoms with Crippen LogP contribution in [-0.2, 0) is 13.2 Å². The molecule has 0 heterocycles. The largest absolute Gasteiger partial charge is 0.489 e. The maximum absolute atomic E-state index is 7.55. The number of amidine groups is 2. The molecule has 160 valence electrons. The third-order valence-corrected chi connectivity index (χ3v) is 5.12. The lowest BCUT2D eigenvalue weighted by molar-refractivity contribution is 0.289. The van der Waals surface area contributed by atoms with Gasteiger partial charge in [0.1, 0.15) is 36.4 Å². The zero-order chi connectivity index (χ0) is 22.5. The quantitative estimate of drug-likeness (QED) is 0.323. The molecule has 0 fully saturated rings. The molecule has 0 amide bonds. The highest BCUT2D eigenvalue weighted by molar-refractivity contribution is 5.95. The van der Waals surface area contributed by atoms with E-state index in [1.54, 1.807) is 0 Å². The first-order chi connectivity index (χ1) is 14.7. The number of ether oxygens (including phenoxy) is 2. The summed E-state index contributed by atoms with van der Waals surface area (Å²) in [6.07, 6.45) is 0. The zero-order valence-corrected chi connectivity index (χ0v) is 18.1. The lowest BCUT2D eigenvalue weighted by Gasteiger charge is -2.14. The molecule has 0 atom stereocenters. The molecule has 0 aromatic heterocycles. The van der Waals surface area contributed by atoms with Crippen molar-refractivity contribution >= 4 is 11.7 Å². The van der Waals surface area contributed by atoms with Crippen LogP contribution in [0.4, 0.5) is 0 Å². The molecule has 0 bridgehead atoms. The molecule has 0 aliphatic carbocycles. The van der Waals surface area contributed by atoms with Gasteiger partial charge in [0, 0.05) is 17.2 Å². The van der Waals surface area contributed by atoms with Crippen LogP contribution in [0.5, 0.6) is 11.5 Å². The molecule has 6 N–H and O–H groups in total. The highest BCUT2D eigenvalue weighted by Crippen LogP contribution is 2.25. The monoisotopic (exact) mass is 416 g/mol. The molecular formula is C25H28N4O2. The first-order valence-electron chi connectivity index (χ1n) is 9.98. The van der Waals surface area contributed by atoms with E-state index < -0.39 is 0 Å². The Morgan fingerprint density at radius 3 is 1.45 bits per heavy atom. The number of nitrogen functional groups attached to an aromatic ring is 2. The van der Waals surface area contributed by atoms with E-state index in [-0.39, 0.29) is 11.7 Å². The number of aryl methyl sites for hydroxylation is 3. The topological polar surface area (TPSA) is 118 Å². The first kappa shape index (κ1) is 21.9. The molecule has 3 aromatic rings. The van der Waals surface area contributed by atoms with Crippen LogP contribution in [0.1, 0.15) is 38.9 Å². The van der Waals surface area contributed by atoms with Gasteiger partial charge >= 0.3 is 0 Å². The second-order valence-corrected chi connectivity index (χ2v) is 7.67. The van der Waals surface area contributed by atoms with Crippen LogP contribution in [-0.4, -0.2) is 11.7 Å². The van der Waals surface area contributed by atoms with Gasteiger partial charge in [-0.25, -0.2) is 0 Å². The fraction of sp³-hybridized carbons (Fsp3) is 0.200. The summed E-state index contributed by atoms with van der Waals surface area (Å²) in [4.78, 5) is 0. The molecule has 0 radical (unpaired) electrons. The van der Waals surface area contributed by atoms with Gasteiger partial charge in [-0.05, 0) is 72.9 Å². The average molecular weight is 417 g/mol. The summed E-state index contributed by atoms with van der Waals surface area (Å²) in [5.74, 6) is 1.58. The molecule has 6 heteroatoms. The summed E-state index contributed by atoms with van der Waals surface area (Å²) in [6.45, 7) is 6.79. The van der Waals surface area contributed by atoms with Gasteiger partial charge in [0.05, 0.1) is 0 Å². The fourth-order valence-electron chi connectivity index (χ4n) is 3.25. The van der Waals surface area contributed by atoms with Gasteiger partial charge in [-0.15, -0.1) is 0 Å². The average Bonchev–Trinajstić information content (AvgIpc) is 2.71. The van der Waals surface area contributed by atoms with Crippen molar-refractivity contribution in [3.8, 4) is 11.5 Å². The lowest BCUT2D eigenvalue weighted by Crippen LogP contribution is -2.11. The van der Waals surface area contributed by atoms with Gasteiger partial charge in [0.15, 0.2) is 0 Å². The SMILES string of the molecule is Cc1cc(OCc2ccc(C(=N)N)cc2C)cc(OCc2ccc(C(=N)N)cc2C)c1. The minimum atomic E-state index is 0.0576. The van der Waals surface area contributed by atoms with Crippen molar-refractivity contribution in [1.29, 1.82) is 10.8 Å². The van der Waals surface area contributed by atoms with Gasteiger partial charge in [0.2, 0.25) is 0 Å². The third kappa shape index (κ3) is 5.63. The van der Waals surface area contributed by atoms with Crippen LogP contribution in [0.3, 0.4) is 0 Å². The van der Waals surface area contributed by atoms with Gasteiger partial charge in [-0.2, -0.15) is 0 Å². The summed E-state index contributed by atoms with van der Waals surface area (Å²) >= 11 is 0. The maximum atomic E-state index is 7.55. The zero-order valence-electron chi connectivity index (χ0n) is 18.1. The molecule has 0 aliphatic heterocycles. The second kappa shape index (κ2) is 9.34. The van der Waals surface area contributed by atoms with E-state index in [1.165, 1.54) is 0 Å². The highest BCUT2D eigenvalue weighted by Gasteiger charge is 2.07. The predicted molar refractivity (Wildman–Crippen MR) is 124 cm³/mol. The van der Waals surface area contributed by atoms with Crippen LogP contribution in [0.25, 0.3) is 0 Å². The van der Waals surface area contributed by atoms with Crippen LogP contribution in [0.2, 0.25) is 0 Å². The number of hydrogen-bond acceptors (Lipinski definition) is 4. The third-order valence-electron chi connectivity index (χ3n) is 5.12. The van der Waals surface area contributed by atoms with Gasteiger partial charge in [-0.1, -0.05) is 24.3 Å². The first-order valence-corrected chi connectivity index (χ1v) is 9.98. The second-order valence-electron chi connectivity index (χ2n) is 7.67. The molecule has 31 heavy (non-hydrogen) atoms. The van der Waals surface area contributed by atoms with Crippen LogP contribution in [0, 0.1) is 31.6 Å². The molecule has 3 rings (SSSR count). The Labute approximate surface area is 182 Å². The van der Waals surface area contributed by atoms with E-state index in [1.807, 2.05) is 75.4 Å². The minimum Gasteiger partial charge on any atom is -0.489 e. The minimum absolute atomic E-state index is 0.0576. The summed E-state index contributed by atoms with van der Waals surface area (Å²) in [5.41, 5.74) is 17.7. The molecule has 0 aliphatic rings. The van der Waals surface area contributed by atoms with E-state index in [9.17, 15) is 0 Å². The summed E-state index contributed by atoms with van der Waals surface area (Å²) in [5, 5.41) is 15.1. The summed E-state index contributed by atoms with van der Waals surface area (Å²) in [6, 6.07) is 17.2. The Morgan fingerprint density at radius 1 is 0.677 bits per heavy atom. The van der Waals surface area contributed by atoms with Gasteiger partial charge in [0.25, 0.3) is 0 Å². The van der Waals surface area contributed by atoms with Crippen molar-refractivity contribution in [2.45, 2.75) is 34.0 Å². The molecule has 3 aromatic carbocycles. The number of nitrogens with two attached hydrogens (primary N) is 2. The van der Waals surface area contributed by atoms with E-state index in [0.717, 1.165) is 39.3 Å². The maximum Gasteiger partial charge on any atom is 0.123 e. The number of nitrogens with one attached hydrogen (secondary N) is 2. The van der Waals surface area contributed by atoms with Crippen molar-refractivity contribution in [2.75, 3.05) is 0 Å². The Morgan fingerprint density at radius 2 is 1.10 bits per heavy atom. The normalized spacial score (nSPS) is 10.5. The van der Waals surface area contributed by atoms with Gasteiger partial charge in [-0.3, -0.25) is 10.8 Å². The van der Waals surface area contributed by atoms with Crippen molar-refractivity contribution in [1.82, 2.24) is 0 Å². The van der Waals surface area contributed by atoms with E-state index in [2.05, 4.69) is 0 Å². The van der Waals surface area contributed by atoms with Crippen LogP contribution < -0.4 is 20.9 Å². The fourth-order valence-corrected chi connectivity index (χ4v) is 3.25. The number of hydrogen-bond donors (Lipinski definition) is 4. The van der Waals surface area contributed by atoms with Gasteiger partial charge < -0.3 is 20.9 Å². The molecule has 0 saturated heterocycles. The Kier molecular flexibility index (Phi) is 6.60. The number of benzene rings is 3. The van der Waals surface area contributed by atoms with Crippen molar-refractivity contribution in [3.05, 3.63) is 93.5 Å². The van der Waals surface area contributed by atoms with Crippen molar-refractivity contribution in [2.24, 2.45) is 11.5 Å². The molecular weight excluding hydrogens is 388 g/mol. The van der Waals surface area contributed by atoms with Crippen LogP contribution >= 0.6 is 0 Å². The summed E-state index contributed by atoms with van der Waals surface area (Å²) in [7, 11) is 0. The Bertz CT molecular complexity index is 1050. The van der Waals surface area contributed by atoms with E-state index >= 15 is 0 Å². The van der Waals surface area contributed by atoms with Crippen LogP contribution in [0.15, 0.2) is 54.6 Å². The van der Waals surface area contributed by atoms with Crippen molar-refractivity contribution < 1.29 is 9.47 Å². The Hall–Kier alpha value is -3.80. The lowest BCUT2D eigenvalue weighted by atomic mass is 10.1. The van der Waals surface area contributed by atoms with Crippen molar-refractivity contribution in [3.63, 3.8) is 0 Å². The van der Waals surface area contributed by atoms with E-state index in [0.29, 0.717) is 24.3 Å². The predicted octanol–water partition coefficient (Wildman–Crippen LogP) is 4.34. The summed E-state index contributed by atoms with van der Waals surface area (Å²) < 4.78 is 12.0. The van der Waals surface area contributed by atoms with E-state index in [4.69, 9.17) is 31.8 Å². The standard InChI is InChI=1S/C25H28N4O2/c1-15-8-22(30-13-20-6-4-18(24(26)27)10-16(20)2)12-23(9-15)31-14-21-7-5-19(25(28)29)11-17(21)3/h4-12H,13-14H2,1-3H3,(H3,26,27)(H3,28,29). The molecule has 0 spiro atoms.